The maximum atomic E-state index is 14.0. The van der Waals surface area contributed by atoms with E-state index in [0.29, 0.717) is 55.8 Å². The lowest BCUT2D eigenvalue weighted by Crippen LogP contribution is -2.40. The Kier molecular flexibility index (Phi) is 10.3. The number of carbonyl (C=O) groups is 2. The van der Waals surface area contributed by atoms with E-state index in [9.17, 15) is 14.4 Å². The van der Waals surface area contributed by atoms with E-state index in [-0.39, 0.29) is 31.0 Å². The van der Waals surface area contributed by atoms with Crippen molar-refractivity contribution in [2.24, 2.45) is 4.99 Å². The molecular formula is C31H34N2O9S. The van der Waals surface area contributed by atoms with Gasteiger partial charge in [0, 0.05) is 0 Å². The van der Waals surface area contributed by atoms with Gasteiger partial charge in [0.05, 0.1) is 55.9 Å². The molecule has 1 aliphatic heterocycles. The van der Waals surface area contributed by atoms with Crippen LogP contribution in [0, 0.1) is 0 Å². The summed E-state index contributed by atoms with van der Waals surface area (Å²) >= 11 is 1.20. The van der Waals surface area contributed by atoms with E-state index < -0.39 is 18.0 Å². The fourth-order valence-electron chi connectivity index (χ4n) is 4.62. The zero-order valence-electron chi connectivity index (χ0n) is 24.9. The van der Waals surface area contributed by atoms with E-state index in [2.05, 4.69) is 4.99 Å². The molecule has 2 heterocycles. The number of fused-ring (bicyclic) bond motifs is 1. The molecule has 0 bridgehead atoms. The summed E-state index contributed by atoms with van der Waals surface area (Å²) < 4.78 is 34.4. The van der Waals surface area contributed by atoms with Gasteiger partial charge in [-0.3, -0.25) is 9.36 Å². The Morgan fingerprint density at radius 3 is 2.30 bits per heavy atom. The Morgan fingerprint density at radius 2 is 1.63 bits per heavy atom. The van der Waals surface area contributed by atoms with Crippen LogP contribution in [-0.4, -0.2) is 57.2 Å². The molecule has 12 heteroatoms. The van der Waals surface area contributed by atoms with E-state index in [1.807, 2.05) is 6.92 Å². The third-order valence-corrected chi connectivity index (χ3v) is 7.44. The summed E-state index contributed by atoms with van der Waals surface area (Å²) in [5, 5.41) is 0. The molecule has 2 aromatic carbocycles. The van der Waals surface area contributed by atoms with Crippen LogP contribution in [0.4, 0.5) is 0 Å². The van der Waals surface area contributed by atoms with Crippen LogP contribution in [0.5, 0.6) is 23.0 Å². The van der Waals surface area contributed by atoms with Crippen LogP contribution in [0.25, 0.3) is 6.08 Å². The smallest absolute Gasteiger partial charge is 0.344 e. The molecule has 0 unspecified atom stereocenters. The van der Waals surface area contributed by atoms with Gasteiger partial charge >= 0.3 is 11.9 Å². The van der Waals surface area contributed by atoms with Crippen molar-refractivity contribution < 1.29 is 38.0 Å². The second kappa shape index (κ2) is 14.1. The molecule has 11 nitrogen and oxygen atoms in total. The molecule has 228 valence electrons. The third kappa shape index (κ3) is 6.75. The topological polar surface area (TPSA) is 124 Å². The second-order valence-corrected chi connectivity index (χ2v) is 10.2. The van der Waals surface area contributed by atoms with Crippen LogP contribution in [-0.2, 0) is 19.1 Å². The molecule has 3 aromatic rings. The molecule has 0 fully saturated rings. The molecular weight excluding hydrogens is 576 g/mol. The van der Waals surface area contributed by atoms with Crippen LogP contribution in [0.3, 0.4) is 0 Å². The van der Waals surface area contributed by atoms with Gasteiger partial charge in [-0.1, -0.05) is 23.5 Å². The summed E-state index contributed by atoms with van der Waals surface area (Å²) in [4.78, 5) is 44.0. The molecule has 0 aliphatic carbocycles. The molecule has 0 N–H and O–H groups in total. The summed E-state index contributed by atoms with van der Waals surface area (Å²) in [5.74, 6) is 0.702. The van der Waals surface area contributed by atoms with Gasteiger partial charge in [0.15, 0.2) is 34.4 Å². The van der Waals surface area contributed by atoms with Gasteiger partial charge in [0.1, 0.15) is 0 Å². The number of hydrogen-bond donors (Lipinski definition) is 0. The van der Waals surface area contributed by atoms with Crippen molar-refractivity contribution in [2.75, 3.05) is 40.6 Å². The highest BCUT2D eigenvalue weighted by atomic mass is 32.1. The number of thiazole rings is 1. The summed E-state index contributed by atoms with van der Waals surface area (Å²) in [6.45, 7) is 7.52. The average Bonchev–Trinajstić information content (AvgIpc) is 3.29. The Hall–Kier alpha value is -4.58. The van der Waals surface area contributed by atoms with Gasteiger partial charge in [-0.15, -0.1) is 0 Å². The number of ether oxygens (including phenoxy) is 6. The van der Waals surface area contributed by atoms with Crippen molar-refractivity contribution in [3.05, 3.63) is 78.5 Å². The predicted octanol–water partition coefficient (Wildman–Crippen LogP) is 3.16. The van der Waals surface area contributed by atoms with Crippen molar-refractivity contribution in [2.45, 2.75) is 33.7 Å². The quantitative estimate of drug-likeness (QED) is 0.285. The number of methoxy groups -OCH3 is 2. The van der Waals surface area contributed by atoms with E-state index in [1.165, 1.54) is 30.1 Å². The lowest BCUT2D eigenvalue weighted by atomic mass is 9.95. The van der Waals surface area contributed by atoms with Crippen LogP contribution < -0.4 is 33.8 Å². The van der Waals surface area contributed by atoms with Crippen LogP contribution in [0.15, 0.2) is 57.5 Å². The largest absolute Gasteiger partial charge is 0.493 e. The highest BCUT2D eigenvalue weighted by Gasteiger charge is 2.34. The first-order chi connectivity index (χ1) is 20.8. The molecule has 0 saturated heterocycles. The number of rotatable bonds is 12. The normalized spacial score (nSPS) is 14.5. The first-order valence-corrected chi connectivity index (χ1v) is 14.5. The first-order valence-electron chi connectivity index (χ1n) is 13.7. The Bertz CT molecular complexity index is 1720. The molecule has 0 spiro atoms. The Balaban J connectivity index is 1.83. The molecule has 0 saturated carbocycles. The fourth-order valence-corrected chi connectivity index (χ4v) is 5.67. The lowest BCUT2D eigenvalue weighted by molar-refractivity contribution is -0.145. The molecule has 1 aromatic heterocycles. The summed E-state index contributed by atoms with van der Waals surface area (Å²) in [6, 6.07) is 9.58. The predicted molar refractivity (Wildman–Crippen MR) is 160 cm³/mol. The summed E-state index contributed by atoms with van der Waals surface area (Å²) in [7, 11) is 3.05. The molecule has 0 amide bonds. The van der Waals surface area contributed by atoms with Crippen molar-refractivity contribution >= 4 is 29.4 Å². The molecule has 0 radical (unpaired) electrons. The van der Waals surface area contributed by atoms with Crippen LogP contribution in [0.1, 0.15) is 44.9 Å². The van der Waals surface area contributed by atoms with E-state index in [4.69, 9.17) is 28.4 Å². The third-order valence-electron chi connectivity index (χ3n) is 6.46. The number of benzene rings is 2. The Labute approximate surface area is 252 Å². The van der Waals surface area contributed by atoms with E-state index >= 15 is 0 Å². The minimum absolute atomic E-state index is 0.167. The zero-order chi connectivity index (χ0) is 31.1. The van der Waals surface area contributed by atoms with Crippen LogP contribution >= 0.6 is 11.3 Å². The first kappa shape index (κ1) is 31.4. The highest BCUT2D eigenvalue weighted by molar-refractivity contribution is 7.07. The van der Waals surface area contributed by atoms with E-state index in [1.54, 1.807) is 63.2 Å². The number of nitrogens with zero attached hydrogens (tertiary/aromatic N) is 2. The number of hydrogen-bond acceptors (Lipinski definition) is 11. The number of allylic oxidation sites excluding steroid dienone is 1. The molecule has 43 heavy (non-hydrogen) atoms. The second-order valence-electron chi connectivity index (χ2n) is 9.15. The van der Waals surface area contributed by atoms with Gasteiger partial charge in [-0.25, -0.2) is 14.6 Å². The minimum Gasteiger partial charge on any atom is -0.493 e. The number of esters is 2. The van der Waals surface area contributed by atoms with Gasteiger partial charge in [-0.05, 0) is 69.2 Å². The summed E-state index contributed by atoms with van der Waals surface area (Å²) in [6.07, 6.45) is 1.72. The monoisotopic (exact) mass is 610 g/mol. The van der Waals surface area contributed by atoms with Gasteiger partial charge in [-0.2, -0.15) is 0 Å². The van der Waals surface area contributed by atoms with Gasteiger partial charge in [0.2, 0.25) is 0 Å². The van der Waals surface area contributed by atoms with Crippen molar-refractivity contribution in [1.29, 1.82) is 0 Å². The molecule has 4 rings (SSSR count). The minimum atomic E-state index is -0.810. The van der Waals surface area contributed by atoms with Crippen molar-refractivity contribution in [1.82, 2.24) is 4.57 Å². The summed E-state index contributed by atoms with van der Waals surface area (Å²) in [5.41, 5.74) is 1.67. The average molecular weight is 611 g/mol. The number of carbonyl (C=O) groups excluding carboxylic acids is 2. The van der Waals surface area contributed by atoms with Crippen molar-refractivity contribution in [3.8, 4) is 23.0 Å². The zero-order valence-corrected chi connectivity index (χ0v) is 25.7. The Morgan fingerprint density at radius 1 is 0.907 bits per heavy atom. The SMILES string of the molecule is CCOC(=O)COc1ccc(/C=c2\sc3n(c2=O)[C@@H](c2ccc(OC)c(OC)c2)C(C(=O)OCC)=C(C)N=3)cc1OCC. The fraction of sp³-hybridized carbons (Fsp3) is 0.355. The molecule has 1 atom stereocenters. The molecule has 1 aliphatic rings. The number of aromatic nitrogens is 1. The maximum Gasteiger partial charge on any atom is 0.344 e. The lowest BCUT2D eigenvalue weighted by Gasteiger charge is -2.25. The van der Waals surface area contributed by atoms with E-state index in [0.717, 1.165) is 0 Å². The van der Waals surface area contributed by atoms with Crippen LogP contribution in [0.2, 0.25) is 0 Å². The standard InChI is InChI=1S/C31H34N2O9S/c1-7-39-24-14-19(10-12-22(24)42-17-26(34)40-8-2)15-25-29(35)33-28(20-11-13-21(37-5)23(16-20)38-6)27(30(36)41-9-3)18(4)32-31(33)43-25/h10-16,28H,7-9,17H2,1-6H3/b25-15-/t28-/m0/s1. The highest BCUT2D eigenvalue weighted by Crippen LogP contribution is 2.36. The van der Waals surface area contributed by atoms with Gasteiger partial charge in [0.25, 0.3) is 5.56 Å². The van der Waals surface area contributed by atoms with Crippen molar-refractivity contribution in [3.63, 3.8) is 0 Å². The maximum absolute atomic E-state index is 14.0. The van der Waals surface area contributed by atoms with Gasteiger partial charge < -0.3 is 28.4 Å².